The molecule has 21 heavy (non-hydrogen) atoms. The Labute approximate surface area is 160 Å². The maximum absolute atomic E-state index is 8.93. The largest absolute Gasteiger partial charge is 2.00 e. The summed E-state index contributed by atoms with van der Waals surface area (Å²) in [6.45, 7) is 0. The summed E-state index contributed by atoms with van der Waals surface area (Å²) in [6.07, 6.45) is 0. The van der Waals surface area contributed by atoms with E-state index < -0.39 is 35.8 Å². The average molecular weight is 378 g/mol. The van der Waals surface area contributed by atoms with Crippen LogP contribution in [0.5, 0.6) is 0 Å². The summed E-state index contributed by atoms with van der Waals surface area (Å²) in [5.41, 5.74) is 0. The Kier molecular flexibility index (Phi) is 37.3. The molecule has 0 heterocycles. The van der Waals surface area contributed by atoms with Crippen LogP contribution in [-0.4, -0.2) is 81.9 Å². The molecule has 0 saturated heterocycles. The summed E-state index contributed by atoms with van der Waals surface area (Å²) >= 11 is 0. The molecule has 0 radical (unpaired) electrons. The van der Waals surface area contributed by atoms with E-state index in [9.17, 15) is 0 Å². The Bertz CT molecular complexity index is 287. The predicted molar refractivity (Wildman–Crippen MR) is 41.5 cm³/mol. The first-order valence-corrected chi connectivity index (χ1v) is 3.20. The van der Waals surface area contributed by atoms with E-state index in [0.29, 0.717) is 0 Å². The Hall–Kier alpha value is -1.02. The van der Waals surface area contributed by atoms with Gasteiger partial charge >= 0.3 is 65.6 Å². The Morgan fingerprint density at radius 1 is 0.381 bits per heavy atom. The number of hydrogen-bond acceptors (Lipinski definition) is 12. The smallest absolute Gasteiger partial charge is 0.543 e. The van der Waals surface area contributed by atoms with Gasteiger partial charge in [-0.1, -0.05) is 0 Å². The quantitative estimate of drug-likeness (QED) is 0.282. The van der Waals surface area contributed by atoms with Crippen LogP contribution >= 0.6 is 0 Å². The van der Waals surface area contributed by atoms with Gasteiger partial charge in [0.25, 0.3) is 0 Å². The summed E-state index contributed by atoms with van der Waals surface area (Å²) in [5, 5.41) is 53.6. The van der Waals surface area contributed by atoms with E-state index in [1.807, 2.05) is 0 Å². The summed E-state index contributed by atoms with van der Waals surface area (Å²) in [7, 11) is 0. The fourth-order valence-electron chi connectivity index (χ4n) is 0. The summed E-state index contributed by atoms with van der Waals surface area (Å²) < 4.78 is 0. The van der Waals surface area contributed by atoms with Crippen molar-refractivity contribution in [1.82, 2.24) is 0 Å². The van der Waals surface area contributed by atoms with Crippen LogP contribution in [0, 0.1) is 0 Å². The van der Waals surface area contributed by atoms with Crippen molar-refractivity contribution in [3.05, 3.63) is 0 Å². The van der Waals surface area contributed by atoms with E-state index >= 15 is 0 Å². The van der Waals surface area contributed by atoms with Crippen LogP contribution in [0.3, 0.4) is 0 Å². The minimum atomic E-state index is -2.19. The SMILES string of the molecule is O=C([O-])C(=O)[O-].O=C([O-])C(=O)[O-].O=C([O-])C(=O)[O-].[Mg+2].[Mg+2].[Zn+2]. The van der Waals surface area contributed by atoms with Gasteiger partial charge in [-0.25, -0.2) is 0 Å². The fraction of sp³-hybridized carbons (Fsp3) is 0. The third-order valence-corrected chi connectivity index (χ3v) is 0.500. The minimum absolute atomic E-state index is 0. The standard InChI is InChI=1S/3C2H2O4.2Mg.Zn/c3*3-1(4)2(5)6;;;/h3*(H,3,4)(H,5,6);;;/q;;;3*+2/p-6. The first-order valence-electron chi connectivity index (χ1n) is 3.20. The second-order valence-electron chi connectivity index (χ2n) is 1.72. The van der Waals surface area contributed by atoms with Crippen LogP contribution in [0.4, 0.5) is 0 Å². The second kappa shape index (κ2) is 21.3. The molecule has 0 aliphatic heterocycles. The Morgan fingerprint density at radius 3 is 0.429 bits per heavy atom. The van der Waals surface area contributed by atoms with Gasteiger partial charge in [-0.15, -0.1) is 0 Å². The molecule has 0 rings (SSSR count). The molecule has 0 aromatic heterocycles. The van der Waals surface area contributed by atoms with Crippen molar-refractivity contribution in [2.75, 3.05) is 0 Å². The van der Waals surface area contributed by atoms with Crippen molar-refractivity contribution >= 4 is 81.9 Å². The Morgan fingerprint density at radius 2 is 0.429 bits per heavy atom. The molecule has 0 aliphatic rings. The topological polar surface area (TPSA) is 241 Å². The summed E-state index contributed by atoms with van der Waals surface area (Å²) in [5.74, 6) is -13.1. The number of carbonyl (C=O) groups excluding carboxylic acids is 6. The zero-order valence-corrected chi connectivity index (χ0v) is 15.8. The summed E-state index contributed by atoms with van der Waals surface area (Å²) in [4.78, 5) is 53.6. The molecule has 0 bridgehead atoms. The normalized spacial score (nSPS) is 6.29. The van der Waals surface area contributed by atoms with Crippen molar-refractivity contribution in [2.45, 2.75) is 0 Å². The van der Waals surface area contributed by atoms with Crippen molar-refractivity contribution in [3.63, 3.8) is 0 Å². The zero-order chi connectivity index (χ0) is 15.5. The molecule has 0 aromatic rings. The minimum Gasteiger partial charge on any atom is -0.543 e. The number of aliphatic carboxylic acids is 6. The molecular formula is C6Mg2O12Zn. The van der Waals surface area contributed by atoms with E-state index in [1.165, 1.54) is 0 Å². The third-order valence-electron chi connectivity index (χ3n) is 0.500. The van der Waals surface area contributed by atoms with Crippen LogP contribution in [0.2, 0.25) is 0 Å². The molecule has 102 valence electrons. The van der Waals surface area contributed by atoms with Gasteiger partial charge in [0, 0.05) is 0 Å². The zero-order valence-electron chi connectivity index (χ0n) is 10.0. The molecule has 0 amide bonds. The first-order chi connectivity index (χ1) is 7.93. The van der Waals surface area contributed by atoms with Crippen molar-refractivity contribution < 1.29 is 78.9 Å². The van der Waals surface area contributed by atoms with Gasteiger partial charge in [0.05, 0.1) is 35.8 Å². The Balaban J connectivity index is -0.0000000375. The van der Waals surface area contributed by atoms with E-state index in [4.69, 9.17) is 59.4 Å². The van der Waals surface area contributed by atoms with Crippen LogP contribution in [0.1, 0.15) is 0 Å². The molecule has 0 unspecified atom stereocenters. The third kappa shape index (κ3) is 45.4. The van der Waals surface area contributed by atoms with Crippen LogP contribution < -0.4 is 30.6 Å². The van der Waals surface area contributed by atoms with Crippen molar-refractivity contribution in [3.8, 4) is 0 Å². The molecule has 0 aliphatic carbocycles. The van der Waals surface area contributed by atoms with Gasteiger partial charge in [0.1, 0.15) is 0 Å². The molecular weight excluding hydrogens is 378 g/mol. The van der Waals surface area contributed by atoms with Crippen LogP contribution in [0.15, 0.2) is 0 Å². The van der Waals surface area contributed by atoms with Gasteiger partial charge in [-0.05, 0) is 0 Å². The van der Waals surface area contributed by atoms with Gasteiger partial charge in [-0.2, -0.15) is 0 Å². The van der Waals surface area contributed by atoms with E-state index in [-0.39, 0.29) is 65.6 Å². The van der Waals surface area contributed by atoms with E-state index in [1.54, 1.807) is 0 Å². The van der Waals surface area contributed by atoms with E-state index in [2.05, 4.69) is 0 Å². The molecule has 0 spiro atoms. The van der Waals surface area contributed by atoms with Gasteiger partial charge < -0.3 is 59.4 Å². The van der Waals surface area contributed by atoms with Crippen LogP contribution in [-0.2, 0) is 48.2 Å². The number of rotatable bonds is 0. The van der Waals surface area contributed by atoms with Crippen molar-refractivity contribution in [1.29, 1.82) is 0 Å². The summed E-state index contributed by atoms with van der Waals surface area (Å²) in [6, 6.07) is 0. The molecule has 0 aromatic carbocycles. The monoisotopic (exact) mass is 376 g/mol. The maximum Gasteiger partial charge on any atom is 2.00 e. The number of carboxylic acids is 6. The first kappa shape index (κ1) is 36.8. The van der Waals surface area contributed by atoms with Gasteiger partial charge in [-0.3, -0.25) is 0 Å². The molecule has 0 N–H and O–H groups in total. The number of carboxylic acid groups (broad SMARTS) is 6. The van der Waals surface area contributed by atoms with Gasteiger partial charge in [0.2, 0.25) is 0 Å². The number of hydrogen-bond donors (Lipinski definition) is 0. The molecule has 15 heteroatoms. The predicted octanol–water partition coefficient (Wildman–Crippen LogP) is -11.3. The second-order valence-corrected chi connectivity index (χ2v) is 1.72. The molecule has 0 fully saturated rings. The average Bonchev–Trinajstić information content (AvgIpc) is 2.18. The fourth-order valence-corrected chi connectivity index (χ4v) is 0. The molecule has 0 saturated carbocycles. The molecule has 12 nitrogen and oxygen atoms in total. The number of carbonyl (C=O) groups is 6. The van der Waals surface area contributed by atoms with Gasteiger partial charge in [0.15, 0.2) is 0 Å². The van der Waals surface area contributed by atoms with Crippen LogP contribution in [0.25, 0.3) is 0 Å². The molecule has 0 atom stereocenters. The maximum atomic E-state index is 8.93. The van der Waals surface area contributed by atoms with Crippen molar-refractivity contribution in [2.24, 2.45) is 0 Å². The van der Waals surface area contributed by atoms with E-state index in [0.717, 1.165) is 0 Å².